The first-order valence-corrected chi connectivity index (χ1v) is 7.75. The molecule has 0 saturated carbocycles. The van der Waals surface area contributed by atoms with E-state index >= 15 is 0 Å². The number of carbonyl (C=O) groups is 1. The van der Waals surface area contributed by atoms with Crippen molar-refractivity contribution in [1.82, 2.24) is 5.32 Å². The average Bonchev–Trinajstić information content (AvgIpc) is 2.52. The van der Waals surface area contributed by atoms with Gasteiger partial charge in [-0.3, -0.25) is 4.79 Å². The standard InChI is InChI=1S/C19H23NO2/c1-3-22-18-11-9-17(10-12-18)19(21)20-13-5-8-16-7-4-6-15(2)14-16/h4,6-7,9-12,14H,3,5,8,13H2,1-2H3,(H,20,21). The summed E-state index contributed by atoms with van der Waals surface area (Å²) in [6.07, 6.45) is 1.91. The smallest absolute Gasteiger partial charge is 0.251 e. The maximum absolute atomic E-state index is 12.0. The van der Waals surface area contributed by atoms with Gasteiger partial charge in [-0.25, -0.2) is 0 Å². The number of benzene rings is 2. The lowest BCUT2D eigenvalue weighted by Crippen LogP contribution is -2.24. The van der Waals surface area contributed by atoms with Crippen LogP contribution < -0.4 is 10.1 Å². The van der Waals surface area contributed by atoms with Crippen LogP contribution in [-0.4, -0.2) is 19.1 Å². The molecule has 0 aliphatic carbocycles. The van der Waals surface area contributed by atoms with E-state index in [1.165, 1.54) is 11.1 Å². The van der Waals surface area contributed by atoms with Gasteiger partial charge in [0.05, 0.1) is 6.61 Å². The van der Waals surface area contributed by atoms with E-state index < -0.39 is 0 Å². The van der Waals surface area contributed by atoms with Crippen molar-refractivity contribution in [1.29, 1.82) is 0 Å². The third kappa shape index (κ3) is 4.92. The number of hydrogen-bond donors (Lipinski definition) is 1. The van der Waals surface area contributed by atoms with Crippen molar-refractivity contribution in [2.24, 2.45) is 0 Å². The highest BCUT2D eigenvalue weighted by atomic mass is 16.5. The third-order valence-electron chi connectivity index (χ3n) is 3.44. The van der Waals surface area contributed by atoms with Crippen molar-refractivity contribution in [2.75, 3.05) is 13.2 Å². The average molecular weight is 297 g/mol. The lowest BCUT2D eigenvalue weighted by atomic mass is 10.1. The molecule has 2 aromatic carbocycles. The molecule has 0 aliphatic rings. The number of amides is 1. The minimum atomic E-state index is -0.0349. The molecule has 116 valence electrons. The molecule has 3 heteroatoms. The van der Waals surface area contributed by atoms with Crippen LogP contribution in [0.1, 0.15) is 34.8 Å². The van der Waals surface area contributed by atoms with Crippen LogP contribution in [0.5, 0.6) is 5.75 Å². The van der Waals surface area contributed by atoms with Crippen molar-refractivity contribution < 1.29 is 9.53 Å². The quantitative estimate of drug-likeness (QED) is 0.790. The monoisotopic (exact) mass is 297 g/mol. The van der Waals surface area contributed by atoms with Crippen LogP contribution in [0.4, 0.5) is 0 Å². The summed E-state index contributed by atoms with van der Waals surface area (Å²) in [4.78, 5) is 12.0. The minimum Gasteiger partial charge on any atom is -0.494 e. The Balaban J connectivity index is 1.75. The first-order valence-electron chi connectivity index (χ1n) is 7.75. The molecule has 0 atom stereocenters. The van der Waals surface area contributed by atoms with Gasteiger partial charge in [-0.15, -0.1) is 0 Å². The van der Waals surface area contributed by atoms with Crippen molar-refractivity contribution in [3.8, 4) is 5.75 Å². The van der Waals surface area contributed by atoms with Crippen LogP contribution in [0.15, 0.2) is 48.5 Å². The van der Waals surface area contributed by atoms with E-state index in [1.54, 1.807) is 12.1 Å². The van der Waals surface area contributed by atoms with Gasteiger partial charge in [-0.05, 0) is 56.5 Å². The number of nitrogens with one attached hydrogen (secondary N) is 1. The predicted octanol–water partition coefficient (Wildman–Crippen LogP) is 3.76. The number of aryl methyl sites for hydroxylation is 2. The summed E-state index contributed by atoms with van der Waals surface area (Å²) in [6.45, 7) is 5.34. The SMILES string of the molecule is CCOc1ccc(C(=O)NCCCc2cccc(C)c2)cc1. The molecule has 2 aromatic rings. The minimum absolute atomic E-state index is 0.0349. The Morgan fingerprint density at radius 1 is 1.14 bits per heavy atom. The molecular weight excluding hydrogens is 274 g/mol. The molecule has 1 N–H and O–H groups in total. The summed E-state index contributed by atoms with van der Waals surface area (Å²) < 4.78 is 5.37. The summed E-state index contributed by atoms with van der Waals surface area (Å²) in [5, 5.41) is 2.96. The number of hydrogen-bond acceptors (Lipinski definition) is 2. The topological polar surface area (TPSA) is 38.3 Å². The Kier molecular flexibility index (Phi) is 6.01. The summed E-state index contributed by atoms with van der Waals surface area (Å²) in [7, 11) is 0. The van der Waals surface area contributed by atoms with Gasteiger partial charge in [0.1, 0.15) is 5.75 Å². The Morgan fingerprint density at radius 3 is 2.59 bits per heavy atom. The van der Waals surface area contributed by atoms with Gasteiger partial charge in [0, 0.05) is 12.1 Å². The molecule has 0 heterocycles. The Morgan fingerprint density at radius 2 is 1.91 bits per heavy atom. The first-order chi connectivity index (χ1) is 10.7. The second kappa shape index (κ2) is 8.23. The van der Waals surface area contributed by atoms with Crippen LogP contribution in [0, 0.1) is 6.92 Å². The molecule has 0 unspecified atom stereocenters. The molecule has 0 fully saturated rings. The Bertz CT molecular complexity index is 605. The van der Waals surface area contributed by atoms with E-state index in [0.717, 1.165) is 18.6 Å². The molecule has 2 rings (SSSR count). The van der Waals surface area contributed by atoms with Gasteiger partial charge in [0.25, 0.3) is 5.91 Å². The zero-order valence-corrected chi connectivity index (χ0v) is 13.3. The lowest BCUT2D eigenvalue weighted by molar-refractivity contribution is 0.0953. The molecular formula is C19H23NO2. The van der Waals surface area contributed by atoms with E-state index in [9.17, 15) is 4.79 Å². The fourth-order valence-corrected chi connectivity index (χ4v) is 2.33. The molecule has 22 heavy (non-hydrogen) atoms. The van der Waals surface area contributed by atoms with E-state index in [-0.39, 0.29) is 5.91 Å². The zero-order chi connectivity index (χ0) is 15.8. The summed E-state index contributed by atoms with van der Waals surface area (Å²) in [6, 6.07) is 15.7. The summed E-state index contributed by atoms with van der Waals surface area (Å²) in [5.74, 6) is 0.755. The highest BCUT2D eigenvalue weighted by Gasteiger charge is 2.04. The second-order valence-corrected chi connectivity index (χ2v) is 5.31. The van der Waals surface area contributed by atoms with E-state index in [0.29, 0.717) is 18.7 Å². The van der Waals surface area contributed by atoms with E-state index in [4.69, 9.17) is 4.74 Å². The fourth-order valence-electron chi connectivity index (χ4n) is 2.33. The van der Waals surface area contributed by atoms with Gasteiger partial charge in [-0.2, -0.15) is 0 Å². The van der Waals surface area contributed by atoms with Gasteiger partial charge in [-0.1, -0.05) is 29.8 Å². The van der Waals surface area contributed by atoms with Crippen molar-refractivity contribution in [3.05, 3.63) is 65.2 Å². The largest absolute Gasteiger partial charge is 0.494 e. The molecule has 0 radical (unpaired) electrons. The van der Waals surface area contributed by atoms with E-state index in [1.807, 2.05) is 19.1 Å². The second-order valence-electron chi connectivity index (χ2n) is 5.31. The first kappa shape index (κ1) is 16.1. The lowest BCUT2D eigenvalue weighted by Gasteiger charge is -2.07. The number of ether oxygens (including phenoxy) is 1. The third-order valence-corrected chi connectivity index (χ3v) is 3.44. The molecule has 3 nitrogen and oxygen atoms in total. The molecule has 0 aliphatic heterocycles. The van der Waals surface area contributed by atoms with Crippen LogP contribution >= 0.6 is 0 Å². The van der Waals surface area contributed by atoms with Crippen LogP contribution in [0.2, 0.25) is 0 Å². The number of rotatable bonds is 7. The summed E-state index contributed by atoms with van der Waals surface area (Å²) >= 11 is 0. The summed E-state index contributed by atoms with van der Waals surface area (Å²) in [5.41, 5.74) is 3.25. The normalized spacial score (nSPS) is 10.3. The van der Waals surface area contributed by atoms with Gasteiger partial charge in [0.15, 0.2) is 0 Å². The van der Waals surface area contributed by atoms with Crippen molar-refractivity contribution in [2.45, 2.75) is 26.7 Å². The Labute approximate surface area is 132 Å². The van der Waals surface area contributed by atoms with Crippen LogP contribution in [0.3, 0.4) is 0 Å². The van der Waals surface area contributed by atoms with Gasteiger partial charge < -0.3 is 10.1 Å². The maximum atomic E-state index is 12.0. The van der Waals surface area contributed by atoms with Crippen molar-refractivity contribution in [3.63, 3.8) is 0 Å². The fraction of sp³-hybridized carbons (Fsp3) is 0.316. The Hall–Kier alpha value is -2.29. The molecule has 1 amide bonds. The van der Waals surface area contributed by atoms with Crippen LogP contribution in [-0.2, 0) is 6.42 Å². The number of carbonyl (C=O) groups excluding carboxylic acids is 1. The van der Waals surface area contributed by atoms with Crippen molar-refractivity contribution >= 4 is 5.91 Å². The molecule has 0 aromatic heterocycles. The maximum Gasteiger partial charge on any atom is 0.251 e. The van der Waals surface area contributed by atoms with Gasteiger partial charge >= 0.3 is 0 Å². The molecule has 0 saturated heterocycles. The van der Waals surface area contributed by atoms with Gasteiger partial charge in [0.2, 0.25) is 0 Å². The highest BCUT2D eigenvalue weighted by Crippen LogP contribution is 2.12. The van der Waals surface area contributed by atoms with E-state index in [2.05, 4.69) is 36.5 Å². The molecule has 0 spiro atoms. The highest BCUT2D eigenvalue weighted by molar-refractivity contribution is 5.94. The van der Waals surface area contributed by atoms with Crippen LogP contribution in [0.25, 0.3) is 0 Å². The molecule has 0 bridgehead atoms. The zero-order valence-electron chi connectivity index (χ0n) is 13.3. The predicted molar refractivity (Wildman–Crippen MR) is 89.4 cm³/mol.